The van der Waals surface area contributed by atoms with Gasteiger partial charge in [-0.05, 0) is 57.8 Å². The van der Waals surface area contributed by atoms with Crippen LogP contribution in [0.1, 0.15) is 528 Å². The van der Waals surface area contributed by atoms with Gasteiger partial charge in [-0.2, -0.15) is 0 Å². The topological polar surface area (TPSA) is 95.9 Å². The molecule has 6 heteroatoms. The van der Waals surface area contributed by atoms with Crippen LogP contribution in [0.3, 0.4) is 0 Å². The van der Waals surface area contributed by atoms with Gasteiger partial charge in [-0.15, -0.1) is 0 Å². The van der Waals surface area contributed by atoms with Crippen LogP contribution in [-0.4, -0.2) is 47.4 Å². The molecule has 0 aliphatic rings. The first-order valence-electron chi connectivity index (χ1n) is 45.6. The van der Waals surface area contributed by atoms with Crippen LogP contribution in [-0.2, 0) is 14.3 Å². The van der Waals surface area contributed by atoms with E-state index < -0.39 is 12.1 Å². The second-order valence-electron chi connectivity index (χ2n) is 31.6. The summed E-state index contributed by atoms with van der Waals surface area (Å²) in [6, 6.07) is -0.541. The number of carbonyl (C=O) groups is 2. The first-order chi connectivity index (χ1) is 48.5. The normalized spacial score (nSPS) is 12.5. The number of allylic oxidation sites excluding steroid dienone is 4. The lowest BCUT2D eigenvalue weighted by Gasteiger charge is -2.22. The Morgan fingerprint density at radius 3 is 0.776 bits per heavy atom. The quantitative estimate of drug-likeness (QED) is 0.0320. The average Bonchev–Trinajstić information content (AvgIpc) is 1.58. The van der Waals surface area contributed by atoms with E-state index in [2.05, 4.69) is 43.5 Å². The van der Waals surface area contributed by atoms with E-state index in [-0.39, 0.29) is 18.5 Å². The highest BCUT2D eigenvalue weighted by Crippen LogP contribution is 2.21. The van der Waals surface area contributed by atoms with Crippen LogP contribution < -0.4 is 5.32 Å². The van der Waals surface area contributed by atoms with Crippen molar-refractivity contribution in [3.05, 3.63) is 24.3 Å². The SMILES string of the molecule is CCCCCCCCCCCCCCCCCCCCCCCCCCCC(O)C(CO)NC(=O)CCCCCCCCCCCCCCCCCCC/C=C\C/C=C\CCCCCCCCCCCCCCCOC(=O)CCCCCCCCCCCCCCCCCCCCC. The van der Waals surface area contributed by atoms with Crippen LogP contribution in [0.15, 0.2) is 24.3 Å². The number of hydrogen-bond donors (Lipinski definition) is 3. The van der Waals surface area contributed by atoms with Gasteiger partial charge < -0.3 is 20.3 Å². The van der Waals surface area contributed by atoms with Gasteiger partial charge in [-0.25, -0.2) is 0 Å². The summed E-state index contributed by atoms with van der Waals surface area (Å²) in [6.45, 7) is 5.03. The van der Waals surface area contributed by atoms with Crippen LogP contribution >= 0.6 is 0 Å². The summed E-state index contributed by atoms with van der Waals surface area (Å²) >= 11 is 0. The van der Waals surface area contributed by atoms with Gasteiger partial charge in [-0.3, -0.25) is 9.59 Å². The summed E-state index contributed by atoms with van der Waals surface area (Å²) < 4.78 is 5.53. The molecule has 6 nitrogen and oxygen atoms in total. The van der Waals surface area contributed by atoms with Gasteiger partial charge in [0.1, 0.15) is 0 Å². The third-order valence-electron chi connectivity index (χ3n) is 21.8. The van der Waals surface area contributed by atoms with Crippen LogP contribution in [0.2, 0.25) is 0 Å². The van der Waals surface area contributed by atoms with Crippen molar-refractivity contribution in [3.8, 4) is 0 Å². The maximum Gasteiger partial charge on any atom is 0.305 e. The lowest BCUT2D eigenvalue weighted by Crippen LogP contribution is -2.45. The Morgan fingerprint density at radius 2 is 0.510 bits per heavy atom. The van der Waals surface area contributed by atoms with E-state index in [0.29, 0.717) is 25.9 Å². The molecule has 0 aliphatic heterocycles. The van der Waals surface area contributed by atoms with Crippen LogP contribution in [0, 0.1) is 0 Å². The summed E-state index contributed by atoms with van der Waals surface area (Å²) in [7, 11) is 0. The third kappa shape index (κ3) is 83.3. The van der Waals surface area contributed by atoms with E-state index in [4.69, 9.17) is 4.74 Å². The van der Waals surface area contributed by atoms with Crippen LogP contribution in [0.4, 0.5) is 0 Å². The molecule has 0 aliphatic carbocycles. The van der Waals surface area contributed by atoms with Crippen molar-refractivity contribution < 1.29 is 24.5 Å². The zero-order chi connectivity index (χ0) is 70.5. The molecule has 0 rings (SSSR count). The van der Waals surface area contributed by atoms with E-state index in [1.807, 2.05) is 0 Å². The fourth-order valence-electron chi connectivity index (χ4n) is 14.9. The number of carbonyl (C=O) groups excluding carboxylic acids is 2. The molecular weight excluding hydrogens is 1200 g/mol. The highest BCUT2D eigenvalue weighted by molar-refractivity contribution is 5.76. The number of nitrogens with one attached hydrogen (secondary N) is 1. The molecule has 0 radical (unpaired) electrons. The summed E-state index contributed by atoms with van der Waals surface area (Å²) in [5.41, 5.74) is 0. The first kappa shape index (κ1) is 96.3. The molecule has 0 saturated heterocycles. The number of aliphatic hydroxyl groups is 2. The predicted molar refractivity (Wildman–Crippen MR) is 435 cm³/mol. The number of rotatable bonds is 87. The van der Waals surface area contributed by atoms with Crippen molar-refractivity contribution in [1.82, 2.24) is 5.32 Å². The smallest absolute Gasteiger partial charge is 0.305 e. The molecule has 582 valence electrons. The third-order valence-corrected chi connectivity index (χ3v) is 21.8. The summed E-state index contributed by atoms with van der Waals surface area (Å²) in [5.74, 6) is -0.000552. The zero-order valence-electron chi connectivity index (χ0n) is 67.1. The molecule has 0 fully saturated rings. The van der Waals surface area contributed by atoms with Gasteiger partial charge in [-0.1, -0.05) is 481 Å². The molecule has 3 N–H and O–H groups in total. The Balaban J connectivity index is 3.35. The molecule has 0 aromatic rings. The van der Waals surface area contributed by atoms with Crippen molar-refractivity contribution in [3.63, 3.8) is 0 Å². The number of aliphatic hydroxyl groups excluding tert-OH is 2. The summed E-state index contributed by atoms with van der Waals surface area (Å²) in [4.78, 5) is 24.7. The number of ether oxygens (including phenoxy) is 1. The van der Waals surface area contributed by atoms with Crippen molar-refractivity contribution in [2.75, 3.05) is 13.2 Å². The van der Waals surface area contributed by atoms with Gasteiger partial charge >= 0.3 is 5.97 Å². The minimum atomic E-state index is -0.664. The van der Waals surface area contributed by atoms with Crippen molar-refractivity contribution in [1.29, 1.82) is 0 Å². The largest absolute Gasteiger partial charge is 0.466 e. The van der Waals surface area contributed by atoms with Crippen LogP contribution in [0.25, 0.3) is 0 Å². The van der Waals surface area contributed by atoms with Crippen LogP contribution in [0.5, 0.6) is 0 Å². The second-order valence-corrected chi connectivity index (χ2v) is 31.6. The van der Waals surface area contributed by atoms with Gasteiger partial charge in [0, 0.05) is 12.8 Å². The molecule has 0 saturated carbocycles. The molecule has 0 heterocycles. The summed E-state index contributed by atoms with van der Waals surface area (Å²) in [6.07, 6.45) is 115. The number of esters is 1. The van der Waals surface area contributed by atoms with Gasteiger partial charge in [0.25, 0.3) is 0 Å². The highest BCUT2D eigenvalue weighted by atomic mass is 16.5. The van der Waals surface area contributed by atoms with Crippen molar-refractivity contribution in [2.24, 2.45) is 0 Å². The van der Waals surface area contributed by atoms with Gasteiger partial charge in [0.2, 0.25) is 5.91 Å². The maximum absolute atomic E-state index is 12.6. The standard InChI is InChI=1S/C92H179NO5/c1-3-5-7-9-11-13-15-17-19-21-23-24-25-39-42-45-49-52-56-60-64-68-72-76-80-84-90(95)89(88-94)93-91(96)85-81-77-73-69-65-61-57-53-50-46-43-40-37-35-33-31-29-27-26-28-30-32-34-36-38-41-44-47-51-55-59-63-67-71-75-79-83-87-98-92(97)86-82-78-74-70-66-62-58-54-48-22-20-18-16-14-12-10-8-6-4-2/h26,28,32,34,89-90,94-95H,3-25,27,29-31,33,35-88H2,1-2H3,(H,93,96)/b28-26-,34-32-. The zero-order valence-corrected chi connectivity index (χ0v) is 67.1. The fourth-order valence-corrected chi connectivity index (χ4v) is 14.9. The Morgan fingerprint density at radius 1 is 0.286 bits per heavy atom. The molecule has 2 unspecified atom stereocenters. The lowest BCUT2D eigenvalue weighted by atomic mass is 10.0. The van der Waals surface area contributed by atoms with E-state index in [1.54, 1.807) is 0 Å². The fraction of sp³-hybridized carbons (Fsp3) is 0.935. The lowest BCUT2D eigenvalue weighted by molar-refractivity contribution is -0.143. The second kappa shape index (κ2) is 87.7. The van der Waals surface area contributed by atoms with E-state index in [0.717, 1.165) is 44.9 Å². The number of amides is 1. The highest BCUT2D eigenvalue weighted by Gasteiger charge is 2.20. The minimum Gasteiger partial charge on any atom is -0.466 e. The minimum absolute atomic E-state index is 0.0250. The molecule has 0 aromatic carbocycles. The van der Waals surface area contributed by atoms with E-state index in [1.165, 1.54) is 449 Å². The van der Waals surface area contributed by atoms with Crippen molar-refractivity contribution in [2.45, 2.75) is 540 Å². The molecule has 98 heavy (non-hydrogen) atoms. The molecule has 2 atom stereocenters. The monoisotopic (exact) mass is 1380 g/mol. The van der Waals surface area contributed by atoms with Gasteiger partial charge in [0.15, 0.2) is 0 Å². The Bertz CT molecular complexity index is 1550. The van der Waals surface area contributed by atoms with E-state index >= 15 is 0 Å². The Kier molecular flexibility index (Phi) is 86.3. The molecular formula is C92H179NO5. The number of hydrogen-bond acceptors (Lipinski definition) is 5. The molecule has 0 bridgehead atoms. The average molecular weight is 1380 g/mol. The predicted octanol–water partition coefficient (Wildman–Crippen LogP) is 30.7. The van der Waals surface area contributed by atoms with Crippen molar-refractivity contribution >= 4 is 11.9 Å². The maximum atomic E-state index is 12.6. The van der Waals surface area contributed by atoms with Gasteiger partial charge in [0.05, 0.1) is 25.4 Å². The summed E-state index contributed by atoms with van der Waals surface area (Å²) in [5, 5.41) is 23.5. The molecule has 1 amide bonds. The van der Waals surface area contributed by atoms with E-state index in [9.17, 15) is 19.8 Å². The Labute approximate surface area is 615 Å². The first-order valence-corrected chi connectivity index (χ1v) is 45.6. The Hall–Kier alpha value is -1.66. The molecule has 0 aromatic heterocycles. The molecule has 0 spiro atoms. The number of unbranched alkanes of at least 4 members (excludes halogenated alkanes) is 72.